The van der Waals surface area contributed by atoms with Crippen molar-refractivity contribution in [2.24, 2.45) is 17.0 Å². The first-order chi connectivity index (χ1) is 15.5. The molecule has 1 N–H and O–H groups in total. The van der Waals surface area contributed by atoms with E-state index in [1.165, 1.54) is 0 Å². The summed E-state index contributed by atoms with van der Waals surface area (Å²) in [7, 11) is -0.0105. The molecule has 32 heavy (non-hydrogen) atoms. The molecule has 2 aliphatic rings. The normalized spacial score (nSPS) is 37.3. The second kappa shape index (κ2) is 12.1. The minimum atomic E-state index is -1.20. The largest absolute Gasteiger partial charge is 0.366 e. The maximum absolute atomic E-state index is 11.1. The molecule has 10 heteroatoms. The zero-order valence-corrected chi connectivity index (χ0v) is 19.6. The van der Waals surface area contributed by atoms with Crippen LogP contribution in [0.15, 0.2) is 35.4 Å². The van der Waals surface area contributed by atoms with Crippen molar-refractivity contribution in [1.82, 2.24) is 0 Å². The molecule has 0 amide bonds. The fraction of sp³-hybridized carbons (Fsp3) is 0.727. The van der Waals surface area contributed by atoms with Crippen LogP contribution in [0, 0.1) is 11.8 Å². The van der Waals surface area contributed by atoms with E-state index >= 15 is 0 Å². The molecule has 3 unspecified atom stereocenters. The molecular weight excluding hydrogens is 433 g/mol. The molecule has 2 saturated heterocycles. The lowest BCUT2D eigenvalue weighted by atomic mass is 9.81. The van der Waals surface area contributed by atoms with Crippen LogP contribution in [-0.4, -0.2) is 54.3 Å². The summed E-state index contributed by atoms with van der Waals surface area (Å²) in [5.41, 5.74) is 10.1. The van der Waals surface area contributed by atoms with Crippen molar-refractivity contribution in [3.63, 3.8) is 0 Å². The monoisotopic (exact) mass is 465 g/mol. The minimum Gasteiger partial charge on any atom is -0.366 e. The predicted octanol–water partition coefficient (Wildman–Crippen LogP) is 4.44. The van der Waals surface area contributed by atoms with E-state index in [1.54, 1.807) is 0 Å². The van der Waals surface area contributed by atoms with E-state index in [-0.39, 0.29) is 33.0 Å². The molecule has 0 spiro atoms. The molecule has 2 aliphatic heterocycles. The highest BCUT2D eigenvalue weighted by Gasteiger charge is 2.49. The second-order valence-electron chi connectivity index (χ2n) is 8.43. The standard InChI is InChI=1S/C22H32N3O6P/c1-4-16-13(2)14(3)18(24-25-23)22(30-16)31-19-17(10-11-32-27)29-21(26)20(19)28-12-15-8-6-5-7-9-15/h5-9,13-14,16-22,26H,4,10-12H2,1-3H3/t13-,14-,16?,17+,18?,19+,20+,21?,22-/m0/s1. The van der Waals surface area contributed by atoms with E-state index < -0.39 is 36.9 Å². The fourth-order valence-electron chi connectivity index (χ4n) is 4.46. The van der Waals surface area contributed by atoms with Gasteiger partial charge in [0.25, 0.3) is 0 Å². The van der Waals surface area contributed by atoms with Crippen LogP contribution in [0.25, 0.3) is 10.4 Å². The number of rotatable bonds is 10. The molecule has 2 fully saturated rings. The Morgan fingerprint density at radius 1 is 1.16 bits per heavy atom. The summed E-state index contributed by atoms with van der Waals surface area (Å²) in [5.74, 6) is 0.241. The summed E-state index contributed by atoms with van der Waals surface area (Å²) in [4.78, 5) is 3.01. The van der Waals surface area contributed by atoms with Crippen LogP contribution in [0.5, 0.6) is 0 Å². The van der Waals surface area contributed by atoms with Crippen molar-refractivity contribution in [2.75, 3.05) is 6.16 Å². The number of ether oxygens (including phenoxy) is 4. The minimum absolute atomic E-state index is 0.0105. The summed E-state index contributed by atoms with van der Waals surface area (Å²) in [6.45, 7) is 6.43. The summed E-state index contributed by atoms with van der Waals surface area (Å²) in [5, 5.41) is 14.5. The number of hydrogen-bond donors (Lipinski definition) is 1. The van der Waals surface area contributed by atoms with Crippen LogP contribution in [0.2, 0.25) is 0 Å². The van der Waals surface area contributed by atoms with Gasteiger partial charge in [0.15, 0.2) is 21.0 Å². The Labute approximate surface area is 190 Å². The highest BCUT2D eigenvalue weighted by atomic mass is 31.1. The molecule has 0 radical (unpaired) electrons. The third kappa shape index (κ3) is 5.86. The van der Waals surface area contributed by atoms with Crippen molar-refractivity contribution in [3.05, 3.63) is 46.3 Å². The number of azide groups is 1. The van der Waals surface area contributed by atoms with Crippen LogP contribution in [-0.2, 0) is 30.1 Å². The maximum Gasteiger partial charge on any atom is 0.184 e. The lowest BCUT2D eigenvalue weighted by Gasteiger charge is -2.44. The lowest BCUT2D eigenvalue weighted by molar-refractivity contribution is -0.263. The fourth-order valence-corrected chi connectivity index (χ4v) is 4.82. The quantitative estimate of drug-likeness (QED) is 0.236. The summed E-state index contributed by atoms with van der Waals surface area (Å²) < 4.78 is 35.3. The molecule has 1 aromatic rings. The van der Waals surface area contributed by atoms with Gasteiger partial charge in [-0.05, 0) is 35.8 Å². The van der Waals surface area contributed by atoms with Gasteiger partial charge in [-0.2, -0.15) is 0 Å². The number of nitrogens with zero attached hydrogens (tertiary/aromatic N) is 3. The molecule has 176 valence electrons. The molecule has 9 nitrogen and oxygen atoms in total. The molecule has 0 bridgehead atoms. The molecule has 9 atom stereocenters. The van der Waals surface area contributed by atoms with Crippen molar-refractivity contribution in [2.45, 2.75) is 83.3 Å². The van der Waals surface area contributed by atoms with E-state index in [0.717, 1.165) is 12.0 Å². The van der Waals surface area contributed by atoms with Crippen molar-refractivity contribution < 1.29 is 28.6 Å². The first kappa shape index (κ1) is 25.1. The Bertz CT molecular complexity index is 780. The van der Waals surface area contributed by atoms with Gasteiger partial charge in [0.2, 0.25) is 0 Å². The van der Waals surface area contributed by atoms with Crippen molar-refractivity contribution in [3.8, 4) is 0 Å². The first-order valence-electron chi connectivity index (χ1n) is 11.1. The Morgan fingerprint density at radius 3 is 2.56 bits per heavy atom. The van der Waals surface area contributed by atoms with E-state index in [9.17, 15) is 9.67 Å². The Kier molecular flexibility index (Phi) is 9.44. The van der Waals surface area contributed by atoms with E-state index in [1.807, 2.05) is 44.2 Å². The van der Waals surface area contributed by atoms with Crippen LogP contribution in [0.4, 0.5) is 0 Å². The average molecular weight is 465 g/mol. The van der Waals surface area contributed by atoms with Gasteiger partial charge in [0, 0.05) is 11.1 Å². The topological polar surface area (TPSA) is 123 Å². The Morgan fingerprint density at radius 2 is 1.91 bits per heavy atom. The SMILES string of the molecule is CCC1O[C@@H](O[C@@H]2[C@@H](CCP=O)OC(O)[C@@H]2OCc2ccccc2)C(N=[N+]=[N-])[C@@H](C)[C@@H]1C. The zero-order chi connectivity index (χ0) is 23.1. The molecule has 0 aliphatic carbocycles. The van der Waals surface area contributed by atoms with Gasteiger partial charge in [0.1, 0.15) is 12.2 Å². The third-order valence-corrected chi connectivity index (χ3v) is 6.94. The zero-order valence-electron chi connectivity index (χ0n) is 18.7. The van der Waals surface area contributed by atoms with Crippen LogP contribution < -0.4 is 0 Å². The van der Waals surface area contributed by atoms with E-state index in [0.29, 0.717) is 12.6 Å². The van der Waals surface area contributed by atoms with Gasteiger partial charge in [-0.15, -0.1) is 0 Å². The molecule has 1 aromatic carbocycles. The van der Waals surface area contributed by atoms with E-state index in [2.05, 4.69) is 16.9 Å². The van der Waals surface area contributed by atoms with Crippen LogP contribution >= 0.6 is 8.46 Å². The highest BCUT2D eigenvalue weighted by Crippen LogP contribution is 2.38. The number of aliphatic hydroxyl groups excluding tert-OH is 1. The predicted molar refractivity (Wildman–Crippen MR) is 118 cm³/mol. The number of aliphatic hydroxyl groups is 1. The average Bonchev–Trinajstić information content (AvgIpc) is 3.10. The maximum atomic E-state index is 11.1. The second-order valence-corrected chi connectivity index (χ2v) is 9.14. The molecule has 3 rings (SSSR count). The van der Waals surface area contributed by atoms with Gasteiger partial charge in [-0.3, -0.25) is 4.57 Å². The van der Waals surface area contributed by atoms with Crippen molar-refractivity contribution in [1.29, 1.82) is 0 Å². The lowest BCUT2D eigenvalue weighted by Crippen LogP contribution is -2.52. The highest BCUT2D eigenvalue weighted by molar-refractivity contribution is 7.23. The van der Waals surface area contributed by atoms with Gasteiger partial charge in [0.05, 0.1) is 24.9 Å². The third-order valence-electron chi connectivity index (χ3n) is 6.50. The summed E-state index contributed by atoms with van der Waals surface area (Å²) >= 11 is 0. The van der Waals surface area contributed by atoms with Crippen LogP contribution in [0.1, 0.15) is 39.2 Å². The van der Waals surface area contributed by atoms with E-state index in [4.69, 9.17) is 24.5 Å². The molecular formula is C22H32N3O6P. The molecule has 0 aromatic heterocycles. The molecule has 2 heterocycles. The first-order valence-corrected chi connectivity index (χ1v) is 12.1. The van der Waals surface area contributed by atoms with Gasteiger partial charge in [-0.1, -0.05) is 56.2 Å². The smallest absolute Gasteiger partial charge is 0.184 e. The Hall–Kier alpha value is -1.57. The van der Waals surface area contributed by atoms with Gasteiger partial charge in [-0.25, -0.2) is 0 Å². The molecule has 0 saturated carbocycles. The summed E-state index contributed by atoms with van der Waals surface area (Å²) in [6, 6.07) is 9.09. The number of benzene rings is 1. The summed E-state index contributed by atoms with van der Waals surface area (Å²) in [6.07, 6.45) is -2.44. The Balaban J connectivity index is 1.80. The van der Waals surface area contributed by atoms with Gasteiger partial charge < -0.3 is 24.1 Å². The van der Waals surface area contributed by atoms with Crippen molar-refractivity contribution >= 4 is 8.46 Å². The number of hydrogen-bond acceptors (Lipinski definition) is 7. The van der Waals surface area contributed by atoms with Gasteiger partial charge >= 0.3 is 0 Å². The van der Waals surface area contributed by atoms with Crippen LogP contribution in [0.3, 0.4) is 0 Å².